The molecule has 1 aromatic rings. The molecule has 0 amide bonds. The third-order valence-corrected chi connectivity index (χ3v) is 3.14. The van der Waals surface area contributed by atoms with Crippen molar-refractivity contribution in [2.24, 2.45) is 0 Å². The molecule has 0 unspecified atom stereocenters. The van der Waals surface area contributed by atoms with Crippen molar-refractivity contribution in [1.82, 2.24) is 0 Å². The first-order valence-electron chi connectivity index (χ1n) is 6.60. The van der Waals surface area contributed by atoms with Crippen molar-refractivity contribution in [2.75, 3.05) is 25.6 Å². The van der Waals surface area contributed by atoms with Gasteiger partial charge in [-0.3, -0.25) is 0 Å². The number of benzene rings is 1. The van der Waals surface area contributed by atoms with Crippen LogP contribution in [0.3, 0.4) is 0 Å². The second-order valence-electron chi connectivity index (χ2n) is 4.34. The molecule has 0 saturated heterocycles. The van der Waals surface area contributed by atoms with E-state index in [0.717, 1.165) is 36.6 Å². The van der Waals surface area contributed by atoms with Crippen LogP contribution in [-0.2, 0) is 34.5 Å². The van der Waals surface area contributed by atoms with Gasteiger partial charge in [0.15, 0.2) is 0 Å². The Morgan fingerprint density at radius 3 is 2.04 bits per heavy atom. The van der Waals surface area contributed by atoms with Gasteiger partial charge in [-0.2, -0.15) is 0 Å². The molecule has 1 heterocycles. The average molecular weight is 367 g/mol. The van der Waals surface area contributed by atoms with Gasteiger partial charge < -0.3 is 0 Å². The summed E-state index contributed by atoms with van der Waals surface area (Å²) in [6, 6.07) is 7.96. The van der Waals surface area contributed by atoms with E-state index in [9.17, 15) is 0 Å². The third-order valence-electron chi connectivity index (χ3n) is 2.70. The third kappa shape index (κ3) is 9.20. The Morgan fingerprint density at radius 2 is 1.62 bits per heavy atom. The Bertz CT molecular complexity index is 559. The maximum absolute atomic E-state index is 7.50. The number of hydrogen-bond donors (Lipinski definition) is 0. The van der Waals surface area contributed by atoms with Crippen LogP contribution < -0.4 is 9.64 Å². The molecule has 0 saturated carbocycles. The Morgan fingerprint density at radius 1 is 1.08 bits per heavy atom. The van der Waals surface area contributed by atoms with E-state index in [1.807, 2.05) is 38.4 Å². The molecule has 7 heteroatoms. The summed E-state index contributed by atoms with van der Waals surface area (Å²) in [6.07, 6.45) is 4.18. The molecule has 6 nitrogen and oxygen atoms in total. The molecule has 0 radical (unpaired) electrons. The van der Waals surface area contributed by atoms with Gasteiger partial charge in [-0.05, 0) is 0 Å². The molecule has 0 atom stereocenters. The van der Waals surface area contributed by atoms with Crippen molar-refractivity contribution in [1.29, 1.82) is 0 Å². The summed E-state index contributed by atoms with van der Waals surface area (Å²) in [5.41, 5.74) is 1.15. The standard InChI is InChI=1S/C14H17NO2.3CO.Cr/c1-15(2)12-6-8-13(9-7-12)17-11-14-5-3-4-10-16-14;3*1-2;/h5-9H,3-4,10H2,1-2H3;;;;. The Balaban J connectivity index is 0. The zero-order valence-corrected chi connectivity index (χ0v) is 14.7. The van der Waals surface area contributed by atoms with Gasteiger partial charge in [0.25, 0.3) is 0 Å². The van der Waals surface area contributed by atoms with Gasteiger partial charge in [-0.25, -0.2) is 0 Å². The molecular formula is C17H17CrNO5. The number of anilines is 1. The Hall–Kier alpha value is -2.02. The average Bonchev–Trinajstić information content (AvgIpc) is 2.68. The first-order chi connectivity index (χ1) is 11.7. The SMILES string of the molecule is CN(C)c1ccc(O[C](=[Cr])C2=CCCCO2)cc1.[C-]#[O+].[C-]#[O+].[C-]#[O+]. The molecule has 2 rings (SSSR count). The van der Waals surface area contributed by atoms with Gasteiger partial charge in [-0.15, -0.1) is 0 Å². The first kappa shape index (κ1) is 24.2. The van der Waals surface area contributed by atoms with Crippen molar-refractivity contribution >= 4 is 10.3 Å². The zero-order chi connectivity index (χ0) is 19.0. The van der Waals surface area contributed by atoms with Gasteiger partial charge in [0, 0.05) is 0 Å². The number of ether oxygens (including phenoxy) is 2. The van der Waals surface area contributed by atoms with E-state index in [4.69, 9.17) is 23.4 Å². The fourth-order valence-electron chi connectivity index (χ4n) is 1.67. The van der Waals surface area contributed by atoms with Crippen LogP contribution in [0.4, 0.5) is 5.69 Å². The van der Waals surface area contributed by atoms with E-state index in [-0.39, 0.29) is 0 Å². The maximum atomic E-state index is 7.50. The molecule has 0 spiro atoms. The van der Waals surface area contributed by atoms with Crippen LogP contribution in [0.5, 0.6) is 5.75 Å². The molecule has 0 bridgehead atoms. The second-order valence-corrected chi connectivity index (χ2v) is 4.92. The first-order valence-corrected chi connectivity index (χ1v) is 7.24. The number of allylic oxidation sites excluding steroid dienone is 1. The van der Waals surface area contributed by atoms with Crippen molar-refractivity contribution in [3.05, 3.63) is 56.1 Å². The van der Waals surface area contributed by atoms with Crippen LogP contribution in [0.15, 0.2) is 36.1 Å². The van der Waals surface area contributed by atoms with Gasteiger partial charge in [-0.1, -0.05) is 0 Å². The summed E-state index contributed by atoms with van der Waals surface area (Å²) in [4.78, 5) is 2.05. The number of nitrogens with zero attached hydrogens (tertiary/aromatic N) is 1. The summed E-state index contributed by atoms with van der Waals surface area (Å²) in [5.74, 6) is 1.63. The van der Waals surface area contributed by atoms with Crippen LogP contribution in [0.2, 0.25) is 0 Å². The van der Waals surface area contributed by atoms with Crippen LogP contribution >= 0.6 is 0 Å². The van der Waals surface area contributed by atoms with E-state index >= 15 is 0 Å². The molecule has 0 aromatic heterocycles. The Kier molecular flexibility index (Phi) is 16.0. The van der Waals surface area contributed by atoms with Crippen LogP contribution in [0.25, 0.3) is 0 Å². The predicted molar refractivity (Wildman–Crippen MR) is 81.5 cm³/mol. The normalized spacial score (nSPS) is 11.1. The molecule has 1 aliphatic rings. The fourth-order valence-corrected chi connectivity index (χ4v) is 2.04. The van der Waals surface area contributed by atoms with E-state index in [1.165, 1.54) is 0 Å². The minimum absolute atomic E-state index is 0.701. The molecule has 24 heavy (non-hydrogen) atoms. The Labute approximate surface area is 150 Å². The summed E-state index contributed by atoms with van der Waals surface area (Å²) in [6.45, 7) is 14.3. The molecule has 0 aliphatic carbocycles. The topological polar surface area (TPSA) is 81.4 Å². The summed E-state index contributed by atoms with van der Waals surface area (Å²) in [7, 11) is 4.03. The summed E-state index contributed by atoms with van der Waals surface area (Å²) >= 11 is 2.92. The van der Waals surface area contributed by atoms with Crippen molar-refractivity contribution < 1.29 is 39.3 Å². The fraction of sp³-hybridized carbons (Fsp3) is 0.294. The number of rotatable bonds is 4. The van der Waals surface area contributed by atoms with E-state index < -0.39 is 0 Å². The van der Waals surface area contributed by atoms with Gasteiger partial charge in [0.2, 0.25) is 0 Å². The van der Waals surface area contributed by atoms with E-state index in [1.54, 1.807) is 0 Å². The molecule has 0 fully saturated rings. The second kappa shape index (κ2) is 15.9. The number of hydrogen-bond acceptors (Lipinski definition) is 3. The van der Waals surface area contributed by atoms with Crippen molar-refractivity contribution in [3.8, 4) is 5.75 Å². The summed E-state index contributed by atoms with van der Waals surface area (Å²) < 4.78 is 34.5. The molecule has 1 aliphatic heterocycles. The molecule has 126 valence electrons. The van der Waals surface area contributed by atoms with E-state index in [2.05, 4.69) is 46.8 Å². The molecule has 0 N–H and O–H groups in total. The van der Waals surface area contributed by atoms with Crippen molar-refractivity contribution in [2.45, 2.75) is 12.8 Å². The van der Waals surface area contributed by atoms with E-state index in [0.29, 0.717) is 4.57 Å². The molecular weight excluding hydrogens is 350 g/mol. The van der Waals surface area contributed by atoms with Crippen molar-refractivity contribution in [3.63, 3.8) is 0 Å². The van der Waals surface area contributed by atoms with Gasteiger partial charge in [0.05, 0.1) is 0 Å². The quantitative estimate of drug-likeness (QED) is 0.605. The summed E-state index contributed by atoms with van der Waals surface area (Å²) in [5, 5.41) is 0. The van der Waals surface area contributed by atoms with Gasteiger partial charge in [0.1, 0.15) is 0 Å². The minimum atomic E-state index is 0.701. The monoisotopic (exact) mass is 367 g/mol. The van der Waals surface area contributed by atoms with Crippen LogP contribution in [0.1, 0.15) is 12.8 Å². The van der Waals surface area contributed by atoms with Crippen LogP contribution in [-0.4, -0.2) is 25.3 Å². The van der Waals surface area contributed by atoms with Crippen LogP contribution in [0, 0.1) is 20.0 Å². The molecule has 1 aromatic carbocycles. The van der Waals surface area contributed by atoms with Gasteiger partial charge >= 0.3 is 150 Å². The predicted octanol–water partition coefficient (Wildman–Crippen LogP) is 2.39. The zero-order valence-electron chi connectivity index (χ0n) is 13.4.